The van der Waals surface area contributed by atoms with Crippen molar-refractivity contribution >= 4 is 17.3 Å². The van der Waals surface area contributed by atoms with E-state index in [1.165, 1.54) is 5.56 Å². The van der Waals surface area contributed by atoms with Crippen LogP contribution in [0.3, 0.4) is 0 Å². The van der Waals surface area contributed by atoms with E-state index < -0.39 is 5.83 Å². The molecule has 4 rings (SSSR count). The number of ether oxygens (including phenoxy) is 1. The SMILES string of the molecule is Cl[B-]([C@@H](Cc1ccccc1)OCc1ccccc1)([n+]1cc[nH]c1)[n+]1cc[nH]c1.[Cl-]. The third kappa shape index (κ3) is 4.73. The van der Waals surface area contributed by atoms with Gasteiger partial charge in [0, 0.05) is 6.00 Å². The Morgan fingerprint density at radius 3 is 1.83 bits per heavy atom. The molecule has 2 aromatic carbocycles. The van der Waals surface area contributed by atoms with Crippen LogP contribution >= 0.6 is 11.5 Å². The van der Waals surface area contributed by atoms with Gasteiger partial charge in [-0.25, -0.2) is 0 Å². The summed E-state index contributed by atoms with van der Waals surface area (Å²) >= 11 is 7.38. The molecule has 1 atom stereocenters. The van der Waals surface area contributed by atoms with E-state index in [4.69, 9.17) is 16.2 Å². The molecular weight excluding hydrogens is 406 g/mol. The molecule has 0 fully saturated rings. The number of imidazole rings is 2. The van der Waals surface area contributed by atoms with Crippen molar-refractivity contribution in [3.05, 3.63) is 109 Å². The fourth-order valence-electron chi connectivity index (χ4n) is 3.55. The molecule has 150 valence electrons. The molecule has 0 saturated carbocycles. The third-order valence-corrected chi connectivity index (χ3v) is 5.76. The fraction of sp³-hybridized carbons (Fsp3) is 0.143. The Balaban J connectivity index is 0.00000240. The molecule has 0 aliphatic heterocycles. The Morgan fingerprint density at radius 2 is 1.34 bits per heavy atom. The Labute approximate surface area is 181 Å². The van der Waals surface area contributed by atoms with E-state index in [1.807, 2.05) is 82.8 Å². The van der Waals surface area contributed by atoms with Gasteiger partial charge in [0.15, 0.2) is 12.7 Å². The highest BCUT2D eigenvalue weighted by Crippen LogP contribution is 2.18. The van der Waals surface area contributed by atoms with Crippen molar-refractivity contribution in [1.82, 2.24) is 9.97 Å². The quantitative estimate of drug-likeness (QED) is 0.377. The second kappa shape index (κ2) is 9.79. The van der Waals surface area contributed by atoms with E-state index in [1.54, 1.807) is 0 Å². The average molecular weight is 429 g/mol. The summed E-state index contributed by atoms with van der Waals surface area (Å²) in [6.07, 6.45) is 12.0. The summed E-state index contributed by atoms with van der Waals surface area (Å²) in [5.41, 5.74) is 2.30. The van der Waals surface area contributed by atoms with Gasteiger partial charge >= 0.3 is 5.83 Å². The lowest BCUT2D eigenvalue weighted by atomic mass is 9.64. The number of nitrogens with one attached hydrogen (secondary N) is 2. The minimum Gasteiger partial charge on any atom is -1.00 e. The van der Waals surface area contributed by atoms with Crippen LogP contribution in [-0.4, -0.2) is 21.8 Å². The van der Waals surface area contributed by atoms with E-state index in [2.05, 4.69) is 34.2 Å². The molecule has 0 saturated heterocycles. The van der Waals surface area contributed by atoms with Gasteiger partial charge in [-0.3, -0.25) is 21.4 Å². The van der Waals surface area contributed by atoms with Crippen LogP contribution in [0.2, 0.25) is 0 Å². The normalized spacial score (nSPS) is 12.3. The predicted molar refractivity (Wildman–Crippen MR) is 110 cm³/mol. The van der Waals surface area contributed by atoms with Gasteiger partial charge in [-0.15, -0.1) is 0 Å². The van der Waals surface area contributed by atoms with Gasteiger partial charge in [-0.2, -0.15) is 0 Å². The number of aromatic nitrogens is 4. The summed E-state index contributed by atoms with van der Waals surface area (Å²) in [6.45, 7) is 0.491. The first kappa shape index (κ1) is 21.2. The zero-order valence-electron chi connectivity index (χ0n) is 15.9. The molecular formula is C21H23BCl2N4O. The van der Waals surface area contributed by atoms with Gasteiger partial charge in [0.25, 0.3) is 0 Å². The minimum atomic E-state index is -1.82. The molecule has 8 heteroatoms. The van der Waals surface area contributed by atoms with Crippen LogP contribution in [0.4, 0.5) is 0 Å². The largest absolute Gasteiger partial charge is 1.00 e. The van der Waals surface area contributed by atoms with E-state index in [-0.39, 0.29) is 18.4 Å². The number of hydrogen-bond acceptors (Lipinski definition) is 1. The minimum absolute atomic E-state index is 0. The lowest BCUT2D eigenvalue weighted by molar-refractivity contribution is -0.684. The highest BCUT2D eigenvalue weighted by Gasteiger charge is 2.47. The monoisotopic (exact) mass is 428 g/mol. The smallest absolute Gasteiger partial charge is 0.495 e. The maximum absolute atomic E-state index is 7.38. The molecule has 2 aromatic heterocycles. The van der Waals surface area contributed by atoms with Crippen molar-refractivity contribution in [3.63, 3.8) is 0 Å². The molecule has 0 amide bonds. The van der Waals surface area contributed by atoms with Crippen LogP contribution < -0.4 is 21.4 Å². The van der Waals surface area contributed by atoms with Gasteiger partial charge < -0.3 is 26.1 Å². The standard InChI is InChI=1S/C21H23BClN4O.ClH/c23-22(26-13-11-24-17-26,27-14-12-25-18-27)21(15-19-7-3-1-4-8-19)28-16-20-9-5-2-6-10-20;/h1-14,17-18,21,24-25H,15-16H2;1H/q+1;/p-1/t21-;/m1./s1. The van der Waals surface area contributed by atoms with E-state index >= 15 is 0 Å². The second-order valence-electron chi connectivity index (χ2n) is 6.88. The number of H-pyrrole nitrogens is 2. The van der Waals surface area contributed by atoms with Crippen molar-refractivity contribution < 1.29 is 26.1 Å². The summed E-state index contributed by atoms with van der Waals surface area (Å²) in [5, 5.41) is 0. The molecule has 0 unspecified atom stereocenters. The Morgan fingerprint density at radius 1 is 0.828 bits per heavy atom. The second-order valence-corrected chi connectivity index (χ2v) is 7.52. The Hall–Kier alpha value is -2.54. The predicted octanol–water partition coefficient (Wildman–Crippen LogP) is -0.137. The summed E-state index contributed by atoms with van der Waals surface area (Å²) < 4.78 is 10.5. The molecule has 29 heavy (non-hydrogen) atoms. The van der Waals surface area contributed by atoms with E-state index in [9.17, 15) is 0 Å². The van der Waals surface area contributed by atoms with Crippen molar-refractivity contribution in [2.45, 2.75) is 19.0 Å². The molecule has 4 aromatic rings. The maximum Gasteiger partial charge on any atom is 0.495 e. The number of rotatable bonds is 8. The first-order chi connectivity index (χ1) is 13.8. The molecule has 0 radical (unpaired) electrons. The highest BCUT2D eigenvalue weighted by molar-refractivity contribution is 7.10. The Kier molecular flexibility index (Phi) is 7.15. The third-order valence-electron chi connectivity index (χ3n) is 5.03. The van der Waals surface area contributed by atoms with Crippen molar-refractivity contribution in [1.29, 1.82) is 0 Å². The fourth-order valence-corrected chi connectivity index (χ4v) is 3.95. The maximum atomic E-state index is 7.38. The summed E-state index contributed by atoms with van der Waals surface area (Å²) in [5.74, 6) is -1.82. The van der Waals surface area contributed by atoms with Gasteiger partial charge in [0.2, 0.25) is 0 Å². The topological polar surface area (TPSA) is 48.6 Å². The summed E-state index contributed by atoms with van der Waals surface area (Å²) in [7, 11) is 0. The number of halogens is 2. The van der Waals surface area contributed by atoms with Crippen LogP contribution in [-0.2, 0) is 17.8 Å². The molecule has 2 N–H and O–H groups in total. The van der Waals surface area contributed by atoms with Crippen LogP contribution in [0.1, 0.15) is 11.1 Å². The van der Waals surface area contributed by atoms with Crippen molar-refractivity contribution in [2.24, 2.45) is 0 Å². The average Bonchev–Trinajstić information content (AvgIpc) is 3.47. The van der Waals surface area contributed by atoms with Crippen LogP contribution in [0.25, 0.3) is 0 Å². The number of aromatic amines is 2. The zero-order valence-corrected chi connectivity index (χ0v) is 17.4. The number of hydrogen-bond donors (Lipinski definition) is 2. The van der Waals surface area contributed by atoms with Crippen LogP contribution in [0, 0.1) is 0 Å². The first-order valence-electron chi connectivity index (χ1n) is 9.38. The molecule has 0 aliphatic carbocycles. The number of benzene rings is 2. The van der Waals surface area contributed by atoms with E-state index in [0.29, 0.717) is 13.0 Å². The highest BCUT2D eigenvalue weighted by atomic mass is 35.5. The lowest BCUT2D eigenvalue weighted by Crippen LogP contribution is -3.00. The van der Waals surface area contributed by atoms with Gasteiger partial charge in [-0.05, 0) is 17.5 Å². The molecule has 2 heterocycles. The van der Waals surface area contributed by atoms with Gasteiger partial charge in [0.05, 0.1) is 19.0 Å². The van der Waals surface area contributed by atoms with Crippen molar-refractivity contribution in [2.75, 3.05) is 0 Å². The molecule has 0 bridgehead atoms. The summed E-state index contributed by atoms with van der Waals surface area (Å²) in [4.78, 5) is 6.21. The lowest BCUT2D eigenvalue weighted by Gasteiger charge is -2.35. The zero-order chi connectivity index (χ0) is 19.2. The van der Waals surface area contributed by atoms with E-state index in [0.717, 1.165) is 5.56 Å². The molecule has 5 nitrogen and oxygen atoms in total. The van der Waals surface area contributed by atoms with Crippen LogP contribution in [0.5, 0.6) is 0 Å². The molecule has 0 spiro atoms. The number of nitrogens with zero attached hydrogens (tertiary/aromatic N) is 2. The molecule has 0 aliphatic rings. The van der Waals surface area contributed by atoms with Gasteiger partial charge in [-0.1, -0.05) is 60.7 Å². The van der Waals surface area contributed by atoms with Crippen molar-refractivity contribution in [3.8, 4) is 0 Å². The Bertz CT molecular complexity index is 932. The first-order valence-corrected chi connectivity index (χ1v) is 9.82. The summed E-state index contributed by atoms with van der Waals surface area (Å²) in [6, 6.07) is 20.2. The van der Waals surface area contributed by atoms with Crippen LogP contribution in [0.15, 0.2) is 98.1 Å². The van der Waals surface area contributed by atoms with Gasteiger partial charge in [0.1, 0.15) is 12.4 Å².